The minimum absolute atomic E-state index is 0.0107. The molecule has 2 aromatic heterocycles. The average Bonchev–Trinajstić information content (AvgIpc) is 2.93. The van der Waals surface area contributed by atoms with Crippen LogP contribution in [0.4, 0.5) is 0 Å². The first-order valence-electron chi connectivity index (χ1n) is 11.6. The number of benzene rings is 3. The summed E-state index contributed by atoms with van der Waals surface area (Å²) in [6.07, 6.45) is 2.13. The Bertz CT molecular complexity index is 1800. The second-order valence-electron chi connectivity index (χ2n) is 8.62. The van der Waals surface area contributed by atoms with Gasteiger partial charge in [-0.2, -0.15) is 0 Å². The van der Waals surface area contributed by atoms with Crippen molar-refractivity contribution >= 4 is 27.9 Å². The molecule has 9 heteroatoms. The first-order valence-corrected chi connectivity index (χ1v) is 11.6. The lowest BCUT2D eigenvalue weighted by Crippen LogP contribution is -2.19. The van der Waals surface area contributed by atoms with Gasteiger partial charge in [0.1, 0.15) is 34.7 Å². The molecule has 0 aliphatic rings. The number of hydrogen-bond acceptors (Lipinski definition) is 9. The van der Waals surface area contributed by atoms with Crippen LogP contribution in [0.1, 0.15) is 23.5 Å². The van der Waals surface area contributed by atoms with Crippen molar-refractivity contribution in [2.75, 3.05) is 14.2 Å². The maximum absolute atomic E-state index is 13.6. The first-order chi connectivity index (χ1) is 18.3. The van der Waals surface area contributed by atoms with Crippen LogP contribution in [0, 0.1) is 0 Å². The Morgan fingerprint density at radius 1 is 0.895 bits per heavy atom. The largest absolute Gasteiger partial charge is 0.508 e. The molecule has 0 aliphatic carbocycles. The van der Waals surface area contributed by atoms with Crippen LogP contribution in [0.3, 0.4) is 0 Å². The summed E-state index contributed by atoms with van der Waals surface area (Å²) in [5.41, 5.74) is 0.351. The number of fused-ring (bicyclic) bond motifs is 2. The molecular formula is C29H22O9. The highest BCUT2D eigenvalue weighted by Gasteiger charge is 2.29. The van der Waals surface area contributed by atoms with E-state index in [1.165, 1.54) is 57.1 Å². The summed E-state index contributed by atoms with van der Waals surface area (Å²) in [6.45, 7) is 0. The molecule has 0 amide bonds. The van der Waals surface area contributed by atoms with E-state index in [2.05, 4.69) is 0 Å². The van der Waals surface area contributed by atoms with Crippen LogP contribution in [-0.2, 0) is 9.53 Å². The van der Waals surface area contributed by atoms with Crippen LogP contribution in [0.2, 0.25) is 0 Å². The molecular weight excluding hydrogens is 492 g/mol. The lowest BCUT2D eigenvalue weighted by atomic mass is 9.86. The normalized spacial score (nSPS) is 11.9. The molecule has 0 aliphatic heterocycles. The van der Waals surface area contributed by atoms with E-state index in [4.69, 9.17) is 18.3 Å². The van der Waals surface area contributed by atoms with Gasteiger partial charge in [-0.05, 0) is 48.0 Å². The lowest BCUT2D eigenvalue weighted by Gasteiger charge is -2.19. The van der Waals surface area contributed by atoms with Crippen LogP contribution in [0.25, 0.3) is 33.1 Å². The SMILES string of the molecule is COC(=O)C[C@H](c1coc2ccc(OC)cc2c1=O)c1c(O)ccc2c(=O)c(-c3ccc(O)cc3)coc12. The van der Waals surface area contributed by atoms with Gasteiger partial charge >= 0.3 is 5.97 Å². The number of carbonyl (C=O) groups is 1. The molecule has 2 N–H and O–H groups in total. The van der Waals surface area contributed by atoms with Gasteiger partial charge < -0.3 is 28.5 Å². The fraction of sp³-hybridized carbons (Fsp3) is 0.138. The zero-order valence-electron chi connectivity index (χ0n) is 20.4. The van der Waals surface area contributed by atoms with Gasteiger partial charge in [0.15, 0.2) is 5.43 Å². The zero-order chi connectivity index (χ0) is 27.0. The maximum Gasteiger partial charge on any atom is 0.306 e. The average molecular weight is 514 g/mol. The molecule has 2 heterocycles. The number of rotatable bonds is 6. The molecule has 0 unspecified atom stereocenters. The Morgan fingerprint density at radius 2 is 1.66 bits per heavy atom. The fourth-order valence-corrected chi connectivity index (χ4v) is 4.50. The van der Waals surface area contributed by atoms with E-state index < -0.39 is 22.7 Å². The number of hydrogen-bond donors (Lipinski definition) is 2. The molecule has 0 radical (unpaired) electrons. The van der Waals surface area contributed by atoms with Crippen LogP contribution in [0.15, 0.2) is 85.5 Å². The van der Waals surface area contributed by atoms with E-state index in [0.29, 0.717) is 16.9 Å². The number of esters is 1. The Labute approximate surface area is 215 Å². The Balaban J connectivity index is 1.76. The fourth-order valence-electron chi connectivity index (χ4n) is 4.50. The summed E-state index contributed by atoms with van der Waals surface area (Å²) < 4.78 is 21.7. The molecule has 192 valence electrons. The van der Waals surface area contributed by atoms with Crippen molar-refractivity contribution in [1.82, 2.24) is 0 Å². The quantitative estimate of drug-likeness (QED) is 0.309. The molecule has 9 nitrogen and oxygen atoms in total. The highest BCUT2D eigenvalue weighted by molar-refractivity contribution is 5.88. The molecule has 5 rings (SSSR count). The summed E-state index contributed by atoms with van der Waals surface area (Å²) >= 11 is 0. The van der Waals surface area contributed by atoms with Gasteiger partial charge in [0, 0.05) is 17.0 Å². The van der Waals surface area contributed by atoms with Gasteiger partial charge in [-0.1, -0.05) is 12.1 Å². The summed E-state index contributed by atoms with van der Waals surface area (Å²) in [7, 11) is 2.68. The van der Waals surface area contributed by atoms with E-state index in [9.17, 15) is 24.6 Å². The third kappa shape index (κ3) is 4.24. The van der Waals surface area contributed by atoms with Crippen molar-refractivity contribution in [1.29, 1.82) is 0 Å². The molecule has 0 saturated heterocycles. The number of carbonyl (C=O) groups excluding carboxylic acids is 1. The molecule has 0 saturated carbocycles. The van der Waals surface area contributed by atoms with Crippen molar-refractivity contribution in [2.24, 2.45) is 0 Å². The summed E-state index contributed by atoms with van der Waals surface area (Å²) in [5.74, 6) is -1.52. The second kappa shape index (κ2) is 9.78. The number of aromatic hydroxyl groups is 2. The maximum atomic E-state index is 13.6. The van der Waals surface area contributed by atoms with E-state index in [1.54, 1.807) is 24.3 Å². The van der Waals surface area contributed by atoms with Gasteiger partial charge in [-0.15, -0.1) is 0 Å². The van der Waals surface area contributed by atoms with Crippen molar-refractivity contribution in [2.45, 2.75) is 12.3 Å². The van der Waals surface area contributed by atoms with Crippen molar-refractivity contribution < 1.29 is 33.3 Å². The lowest BCUT2D eigenvalue weighted by molar-refractivity contribution is -0.140. The van der Waals surface area contributed by atoms with E-state index >= 15 is 0 Å². The molecule has 38 heavy (non-hydrogen) atoms. The highest BCUT2D eigenvalue weighted by atomic mass is 16.5. The molecule has 3 aromatic carbocycles. The Hall–Kier alpha value is -5.05. The minimum atomic E-state index is -1.07. The molecule has 0 bridgehead atoms. The third-order valence-corrected chi connectivity index (χ3v) is 6.46. The van der Waals surface area contributed by atoms with Crippen molar-refractivity contribution in [3.8, 4) is 28.4 Å². The summed E-state index contributed by atoms with van der Waals surface area (Å²) in [6, 6.07) is 13.5. The predicted octanol–water partition coefficient (Wildman–Crippen LogP) is 4.68. The topological polar surface area (TPSA) is 136 Å². The van der Waals surface area contributed by atoms with Crippen molar-refractivity contribution in [3.63, 3.8) is 0 Å². The summed E-state index contributed by atoms with van der Waals surface area (Å²) in [5, 5.41) is 20.9. The van der Waals surface area contributed by atoms with Gasteiger partial charge in [0.05, 0.1) is 43.2 Å². The van der Waals surface area contributed by atoms with E-state index in [1.807, 2.05) is 0 Å². The second-order valence-corrected chi connectivity index (χ2v) is 8.62. The number of phenolic OH excluding ortho intramolecular Hbond substituents is 2. The number of ether oxygens (including phenoxy) is 2. The van der Waals surface area contributed by atoms with Crippen LogP contribution in [0.5, 0.6) is 17.2 Å². The minimum Gasteiger partial charge on any atom is -0.508 e. The van der Waals surface area contributed by atoms with Crippen molar-refractivity contribution in [3.05, 3.63) is 98.7 Å². The van der Waals surface area contributed by atoms with Gasteiger partial charge in [-0.25, -0.2) is 0 Å². The van der Waals surface area contributed by atoms with E-state index in [-0.39, 0.29) is 51.0 Å². The molecule has 5 aromatic rings. The van der Waals surface area contributed by atoms with Gasteiger partial charge in [0.2, 0.25) is 5.43 Å². The Kier molecular flexibility index (Phi) is 6.34. The smallest absolute Gasteiger partial charge is 0.306 e. The standard InChI is InChI=1S/C29H22O9/c1-35-17-7-10-24-20(11-17)28(34)22(14-37-24)19(12-25(32)36-2)26-23(31)9-8-18-27(33)21(13-38-29(18)26)15-3-5-16(30)6-4-15/h3-11,13-14,19,30-31H,12H2,1-2H3/t19-/m1/s1. The van der Waals surface area contributed by atoms with Gasteiger partial charge in [-0.3, -0.25) is 14.4 Å². The van der Waals surface area contributed by atoms with Crippen LogP contribution < -0.4 is 15.6 Å². The van der Waals surface area contributed by atoms with Crippen LogP contribution in [-0.4, -0.2) is 30.4 Å². The first kappa shape index (κ1) is 24.6. The monoisotopic (exact) mass is 514 g/mol. The molecule has 0 spiro atoms. The zero-order valence-corrected chi connectivity index (χ0v) is 20.4. The third-order valence-electron chi connectivity index (χ3n) is 6.46. The predicted molar refractivity (Wildman–Crippen MR) is 139 cm³/mol. The number of phenols is 2. The van der Waals surface area contributed by atoms with Crippen LogP contribution >= 0.6 is 0 Å². The highest BCUT2D eigenvalue weighted by Crippen LogP contribution is 2.39. The Morgan fingerprint density at radius 3 is 2.37 bits per heavy atom. The summed E-state index contributed by atoms with van der Waals surface area (Å²) in [4.78, 5) is 39.5. The molecule has 0 fully saturated rings. The molecule has 1 atom stereocenters. The van der Waals surface area contributed by atoms with Gasteiger partial charge in [0.25, 0.3) is 0 Å². The van der Waals surface area contributed by atoms with E-state index in [0.717, 1.165) is 0 Å². The number of methoxy groups -OCH3 is 2.